The Morgan fingerprint density at radius 2 is 1.70 bits per heavy atom. The lowest BCUT2D eigenvalue weighted by Gasteiger charge is -2.33. The van der Waals surface area contributed by atoms with Crippen molar-refractivity contribution in [2.24, 2.45) is 0 Å². The number of hydrogen-bond donors (Lipinski definition) is 7. The van der Waals surface area contributed by atoms with E-state index in [1.54, 1.807) is 59.5 Å². The van der Waals surface area contributed by atoms with Crippen LogP contribution in [0.5, 0.6) is 11.5 Å². The molecule has 0 spiro atoms. The van der Waals surface area contributed by atoms with Crippen molar-refractivity contribution in [1.82, 2.24) is 20.5 Å². The van der Waals surface area contributed by atoms with Gasteiger partial charge in [0.05, 0.1) is 11.6 Å². The Bertz CT molecular complexity index is 2170. The fraction of sp³-hybridized carbons (Fsp3) is 0.268. The average Bonchev–Trinajstić information content (AvgIpc) is 3.19. The molecular formula is C41H42N4O9. The number of fused-ring (bicyclic) bond motifs is 1. The number of phenols is 1. The monoisotopic (exact) mass is 734 g/mol. The standard InChI is InChI=1S/C41H42N4O9/c46-34-17-15-32(33-16-18-36(48)44-38(33)34)35(47)23-42-20-19-26-11-13-27(14-12-26)39(50)43-30-9-5-21-45(24-30)37(49)25-54-31-10-4-8-29(22-31)41(53,40(51)52)28-6-2-1-3-7-28/h1-4,6-8,10-18,22,30,35,42,46-47,53H,5,9,19-21,23-25H2,(H,43,50)(H,44,48)(H,51,52). The van der Waals surface area contributed by atoms with Crippen LogP contribution in [0.2, 0.25) is 0 Å². The number of carbonyl (C=O) groups excluding carboxylic acids is 2. The van der Waals surface area contributed by atoms with Gasteiger partial charge in [0.2, 0.25) is 11.2 Å². The number of aliphatic hydroxyl groups excluding tert-OH is 1. The first kappa shape index (κ1) is 37.7. The van der Waals surface area contributed by atoms with Crippen LogP contribution in [0.3, 0.4) is 0 Å². The number of ether oxygens (including phenoxy) is 1. The van der Waals surface area contributed by atoms with E-state index in [0.717, 1.165) is 5.56 Å². The maximum absolute atomic E-state index is 13.1. The van der Waals surface area contributed by atoms with E-state index in [-0.39, 0.29) is 64.7 Å². The lowest BCUT2D eigenvalue weighted by atomic mass is 9.86. The minimum atomic E-state index is -2.30. The van der Waals surface area contributed by atoms with Crippen LogP contribution < -0.4 is 20.9 Å². The number of aliphatic carboxylic acids is 1. The summed E-state index contributed by atoms with van der Waals surface area (Å²) in [6.45, 7) is 1.34. The van der Waals surface area contributed by atoms with Gasteiger partial charge >= 0.3 is 5.97 Å². The fourth-order valence-electron chi connectivity index (χ4n) is 6.68. The molecule has 1 fully saturated rings. The molecular weight excluding hydrogens is 692 g/mol. The highest BCUT2D eigenvalue weighted by molar-refractivity contribution is 5.94. The van der Waals surface area contributed by atoms with Crippen LogP contribution in [-0.2, 0) is 21.6 Å². The molecule has 7 N–H and O–H groups in total. The van der Waals surface area contributed by atoms with Gasteiger partial charge in [-0.2, -0.15) is 0 Å². The topological polar surface area (TPSA) is 202 Å². The van der Waals surface area contributed by atoms with Crippen molar-refractivity contribution in [3.8, 4) is 11.5 Å². The third-order valence-electron chi connectivity index (χ3n) is 9.63. The van der Waals surface area contributed by atoms with Crippen molar-refractivity contribution in [3.63, 3.8) is 0 Å². The molecule has 4 aromatic carbocycles. The summed E-state index contributed by atoms with van der Waals surface area (Å²) in [5.41, 5.74) is -0.0222. The van der Waals surface area contributed by atoms with E-state index in [4.69, 9.17) is 4.74 Å². The summed E-state index contributed by atoms with van der Waals surface area (Å²) in [4.78, 5) is 54.3. The molecule has 280 valence electrons. The molecule has 2 amide bonds. The number of aromatic hydroxyl groups is 1. The zero-order valence-corrected chi connectivity index (χ0v) is 29.4. The van der Waals surface area contributed by atoms with Crippen molar-refractivity contribution in [1.29, 1.82) is 0 Å². The van der Waals surface area contributed by atoms with Crippen molar-refractivity contribution in [3.05, 3.63) is 141 Å². The molecule has 3 unspecified atom stereocenters. The second-order valence-corrected chi connectivity index (χ2v) is 13.3. The average molecular weight is 735 g/mol. The number of nitrogens with one attached hydrogen (secondary N) is 3. The third-order valence-corrected chi connectivity index (χ3v) is 9.63. The van der Waals surface area contributed by atoms with E-state index in [9.17, 15) is 39.6 Å². The van der Waals surface area contributed by atoms with E-state index in [1.165, 1.54) is 36.4 Å². The molecule has 13 nitrogen and oxygen atoms in total. The van der Waals surface area contributed by atoms with E-state index in [2.05, 4.69) is 15.6 Å². The molecule has 1 aliphatic heterocycles. The maximum Gasteiger partial charge on any atom is 0.345 e. The van der Waals surface area contributed by atoms with E-state index in [1.807, 2.05) is 12.1 Å². The molecule has 1 aliphatic rings. The Morgan fingerprint density at radius 1 is 0.944 bits per heavy atom. The Morgan fingerprint density at radius 3 is 2.46 bits per heavy atom. The first-order valence-electron chi connectivity index (χ1n) is 17.7. The normalized spacial score (nSPS) is 16.0. The number of carbonyl (C=O) groups is 3. The predicted molar refractivity (Wildman–Crippen MR) is 200 cm³/mol. The molecule has 0 bridgehead atoms. The van der Waals surface area contributed by atoms with Crippen molar-refractivity contribution < 1.29 is 39.5 Å². The lowest BCUT2D eigenvalue weighted by Crippen LogP contribution is -2.50. The zero-order chi connectivity index (χ0) is 38.2. The molecule has 13 heteroatoms. The van der Waals surface area contributed by atoms with Crippen molar-refractivity contribution in [2.45, 2.75) is 37.0 Å². The van der Waals surface area contributed by atoms with Gasteiger partial charge in [0, 0.05) is 48.3 Å². The fourth-order valence-corrected chi connectivity index (χ4v) is 6.68. The quantitative estimate of drug-likeness (QED) is 0.0831. The first-order valence-corrected chi connectivity index (χ1v) is 17.7. The number of aromatic nitrogens is 1. The van der Waals surface area contributed by atoms with E-state index >= 15 is 0 Å². The van der Waals surface area contributed by atoms with Crippen molar-refractivity contribution >= 4 is 28.7 Å². The van der Waals surface area contributed by atoms with Crippen LogP contribution in [0, 0.1) is 0 Å². The molecule has 3 atom stereocenters. The highest BCUT2D eigenvalue weighted by Gasteiger charge is 2.40. The number of phenolic OH excluding ortho intramolecular Hbond substituents is 1. The Labute approximate surface area is 310 Å². The molecule has 0 radical (unpaired) electrons. The van der Waals surface area contributed by atoms with Gasteiger partial charge in [-0.15, -0.1) is 0 Å². The van der Waals surface area contributed by atoms with Crippen molar-refractivity contribution in [2.75, 3.05) is 32.8 Å². The van der Waals surface area contributed by atoms with Gasteiger partial charge in [0.25, 0.3) is 11.8 Å². The summed E-state index contributed by atoms with van der Waals surface area (Å²) in [6, 6.07) is 27.1. The summed E-state index contributed by atoms with van der Waals surface area (Å²) >= 11 is 0. The molecule has 1 aromatic heterocycles. The van der Waals surface area contributed by atoms with E-state index < -0.39 is 17.7 Å². The number of carboxylic acid groups (broad SMARTS) is 1. The number of nitrogens with zero attached hydrogens (tertiary/aromatic N) is 1. The van der Waals surface area contributed by atoms with Crippen LogP contribution in [-0.4, -0.2) is 86.9 Å². The highest BCUT2D eigenvalue weighted by Crippen LogP contribution is 2.32. The van der Waals surface area contributed by atoms with Gasteiger partial charge in [-0.3, -0.25) is 14.4 Å². The predicted octanol–water partition coefficient (Wildman–Crippen LogP) is 3.22. The molecule has 6 rings (SSSR count). The van der Waals surface area contributed by atoms with Crippen LogP contribution in [0.25, 0.3) is 10.9 Å². The Balaban J connectivity index is 0.958. The van der Waals surface area contributed by atoms with Gasteiger partial charge in [-0.1, -0.05) is 60.7 Å². The zero-order valence-electron chi connectivity index (χ0n) is 29.4. The Kier molecular flexibility index (Phi) is 11.7. The maximum atomic E-state index is 13.1. The summed E-state index contributed by atoms with van der Waals surface area (Å²) in [7, 11) is 0. The van der Waals surface area contributed by atoms with Gasteiger partial charge < -0.3 is 45.7 Å². The number of carboxylic acids is 1. The number of hydrogen-bond acceptors (Lipinski definition) is 9. The van der Waals surface area contributed by atoms with E-state index in [0.29, 0.717) is 55.4 Å². The smallest absolute Gasteiger partial charge is 0.345 e. The second kappa shape index (κ2) is 16.8. The molecule has 54 heavy (non-hydrogen) atoms. The van der Waals surface area contributed by atoms with Gasteiger partial charge in [-0.25, -0.2) is 4.79 Å². The number of aromatic amines is 1. The van der Waals surface area contributed by atoms with Crippen LogP contribution in [0.1, 0.15) is 51.6 Å². The highest BCUT2D eigenvalue weighted by atomic mass is 16.5. The minimum Gasteiger partial charge on any atom is -0.506 e. The van der Waals surface area contributed by atoms with Gasteiger partial charge in [-0.05, 0) is 78.9 Å². The number of aliphatic hydroxyl groups is 2. The number of benzene rings is 4. The van der Waals surface area contributed by atoms with Gasteiger partial charge in [0.15, 0.2) is 6.61 Å². The first-order chi connectivity index (χ1) is 26.0. The van der Waals surface area contributed by atoms with Crippen LogP contribution in [0.15, 0.2) is 108 Å². The number of piperidine rings is 1. The number of pyridine rings is 1. The lowest BCUT2D eigenvalue weighted by molar-refractivity contribution is -0.155. The number of likely N-dealkylation sites (tertiary alicyclic amines) is 1. The Hall–Kier alpha value is -6.02. The minimum absolute atomic E-state index is 0.0676. The summed E-state index contributed by atoms with van der Waals surface area (Å²) < 4.78 is 5.74. The van der Waals surface area contributed by atoms with Gasteiger partial charge in [0.1, 0.15) is 11.5 Å². The summed E-state index contributed by atoms with van der Waals surface area (Å²) in [5, 5.41) is 48.8. The molecule has 0 saturated carbocycles. The third kappa shape index (κ3) is 8.60. The number of H-pyrrole nitrogens is 1. The largest absolute Gasteiger partial charge is 0.506 e. The number of amides is 2. The van der Waals surface area contributed by atoms with Crippen LogP contribution in [0.4, 0.5) is 0 Å². The molecule has 2 heterocycles. The summed E-state index contributed by atoms with van der Waals surface area (Å²) in [5.74, 6) is -1.81. The molecule has 0 aliphatic carbocycles. The second-order valence-electron chi connectivity index (χ2n) is 13.3. The molecule has 1 saturated heterocycles. The SMILES string of the molecule is O=C(NC1CCCN(C(=O)COc2cccc(C(O)(C(=O)O)c3ccccc3)c2)C1)c1ccc(CCNCC(O)c2ccc(O)c3[nH]c(=O)ccc23)cc1. The molecule has 5 aromatic rings. The van der Waals surface area contributed by atoms with Crippen LogP contribution >= 0.6 is 0 Å². The summed E-state index contributed by atoms with van der Waals surface area (Å²) in [6.07, 6.45) is 1.18. The number of rotatable bonds is 14.